The van der Waals surface area contributed by atoms with Crippen LogP contribution in [0.2, 0.25) is 0 Å². The maximum absolute atomic E-state index is 14.3. The van der Waals surface area contributed by atoms with Crippen molar-refractivity contribution in [1.82, 2.24) is 20.9 Å². The smallest absolute Gasteiger partial charge is 0.307 e. The van der Waals surface area contributed by atoms with E-state index in [1.54, 1.807) is 6.07 Å². The van der Waals surface area contributed by atoms with Crippen molar-refractivity contribution < 1.29 is 34.5 Å². The van der Waals surface area contributed by atoms with Crippen molar-refractivity contribution in [1.29, 1.82) is 0 Å². The number of nitrogens with zero attached hydrogens (tertiary/aromatic N) is 1. The van der Waals surface area contributed by atoms with Gasteiger partial charge < -0.3 is 36.2 Å². The molecule has 3 aliphatic heterocycles. The Balaban J connectivity index is 1.18. The molecule has 3 aromatic carbocycles. The Hall–Kier alpha value is -4.58. The first-order valence-corrected chi connectivity index (χ1v) is 20.0. The molecule has 3 aromatic rings. The van der Waals surface area contributed by atoms with E-state index in [0.29, 0.717) is 70.4 Å². The summed E-state index contributed by atoms with van der Waals surface area (Å²) in [5.74, 6) is -3.72. The zero-order chi connectivity index (χ0) is 38.7. The molecule has 0 unspecified atom stereocenters. The number of carbonyl (C=O) groups is 4. The molecule has 0 aromatic heterocycles. The van der Waals surface area contributed by atoms with Crippen LogP contribution in [0.4, 0.5) is 0 Å². The molecule has 3 heterocycles. The number of hydrogen-bond donors (Lipinski definition) is 6. The zero-order valence-corrected chi connectivity index (χ0v) is 31.6. The Labute approximate surface area is 323 Å². The van der Waals surface area contributed by atoms with Gasteiger partial charge in [-0.15, -0.1) is 0 Å². The van der Waals surface area contributed by atoms with Gasteiger partial charge in [-0.3, -0.25) is 19.2 Å². The molecule has 0 spiro atoms. The van der Waals surface area contributed by atoms with E-state index in [1.807, 2.05) is 59.5 Å². The maximum Gasteiger partial charge on any atom is 0.307 e. The van der Waals surface area contributed by atoms with Gasteiger partial charge in [0.05, 0.1) is 17.8 Å². The Morgan fingerprint density at radius 2 is 0.909 bits per heavy atom. The predicted molar refractivity (Wildman–Crippen MR) is 210 cm³/mol. The van der Waals surface area contributed by atoms with Gasteiger partial charge in [0, 0.05) is 18.7 Å². The molecule has 294 valence electrons. The van der Waals surface area contributed by atoms with E-state index < -0.39 is 35.7 Å². The number of benzene rings is 3. The van der Waals surface area contributed by atoms with Gasteiger partial charge in [-0.2, -0.15) is 0 Å². The summed E-state index contributed by atoms with van der Waals surface area (Å²) in [4.78, 5) is 52.9. The largest absolute Gasteiger partial charge is 0.481 e. The monoisotopic (exact) mass is 752 g/mol. The van der Waals surface area contributed by atoms with Crippen molar-refractivity contribution >= 4 is 23.8 Å². The molecule has 0 radical (unpaired) electrons. The number of hydrogen-bond acceptors (Lipinski definition) is 7. The van der Waals surface area contributed by atoms with Crippen LogP contribution in [0.1, 0.15) is 57.4 Å². The fourth-order valence-corrected chi connectivity index (χ4v) is 8.87. The Bertz CT molecular complexity index is 1700. The second-order valence-electron chi connectivity index (χ2n) is 15.8. The number of aliphatic carboxylic acids is 3. The van der Waals surface area contributed by atoms with Crippen LogP contribution in [0.25, 0.3) is 0 Å². The third-order valence-corrected chi connectivity index (χ3v) is 12.1. The second kappa shape index (κ2) is 19.3. The lowest BCUT2D eigenvalue weighted by Gasteiger charge is -2.24. The van der Waals surface area contributed by atoms with Gasteiger partial charge in [0.25, 0.3) is 5.91 Å². The summed E-state index contributed by atoms with van der Waals surface area (Å²) < 4.78 is 0. The molecule has 3 fully saturated rings. The molecule has 11 nitrogen and oxygen atoms in total. The van der Waals surface area contributed by atoms with Crippen molar-refractivity contribution in [3.63, 3.8) is 0 Å². The summed E-state index contributed by atoms with van der Waals surface area (Å²) in [7, 11) is 0. The summed E-state index contributed by atoms with van der Waals surface area (Å²) in [6, 6.07) is 23.4. The third kappa shape index (κ3) is 11.0. The van der Waals surface area contributed by atoms with Crippen LogP contribution in [0.3, 0.4) is 0 Å². The van der Waals surface area contributed by atoms with Crippen LogP contribution in [-0.2, 0) is 46.5 Å². The molecule has 6 atom stereocenters. The van der Waals surface area contributed by atoms with E-state index in [2.05, 4.69) is 28.1 Å². The van der Waals surface area contributed by atoms with Crippen LogP contribution < -0.4 is 16.0 Å². The highest BCUT2D eigenvalue weighted by Crippen LogP contribution is 2.27. The lowest BCUT2D eigenvalue weighted by atomic mass is 9.85. The lowest BCUT2D eigenvalue weighted by Crippen LogP contribution is -2.35. The molecule has 0 aliphatic carbocycles. The van der Waals surface area contributed by atoms with E-state index in [4.69, 9.17) is 0 Å². The Kier molecular flexibility index (Phi) is 14.1. The molecule has 6 rings (SSSR count). The van der Waals surface area contributed by atoms with E-state index in [-0.39, 0.29) is 23.7 Å². The van der Waals surface area contributed by atoms with E-state index in [9.17, 15) is 34.5 Å². The number of amides is 1. The normalized spacial score (nSPS) is 21.2. The van der Waals surface area contributed by atoms with Crippen LogP contribution >= 0.6 is 0 Å². The van der Waals surface area contributed by atoms with Crippen molar-refractivity contribution in [2.24, 2.45) is 35.5 Å². The SMILES string of the molecule is O=C(O)[C@@H](Cc1cccc(CCN(CCc2cccc(C[C@H](C(=O)O)[C@H]3CCNC3)c2)C(=O)c2cccc(C[C@H](C(=O)O)[C@H]3CCNC3)c2)c1)[C@H]1CCNC1. The topological polar surface area (TPSA) is 168 Å². The number of carboxylic acids is 3. The minimum absolute atomic E-state index is 0.0427. The fraction of sp³-hybridized carbons (Fsp3) is 0.500. The highest BCUT2D eigenvalue weighted by atomic mass is 16.4. The quantitative estimate of drug-likeness (QED) is 0.105. The number of carboxylic acid groups (broad SMARTS) is 3. The van der Waals surface area contributed by atoms with Crippen LogP contribution in [0, 0.1) is 35.5 Å². The van der Waals surface area contributed by atoms with Crippen LogP contribution in [0.15, 0.2) is 72.8 Å². The lowest BCUT2D eigenvalue weighted by molar-refractivity contribution is -0.144. The van der Waals surface area contributed by atoms with Crippen molar-refractivity contribution in [3.05, 3.63) is 106 Å². The number of carbonyl (C=O) groups excluding carboxylic acids is 1. The summed E-state index contributed by atoms with van der Waals surface area (Å²) in [5, 5.41) is 39.9. The van der Waals surface area contributed by atoms with Gasteiger partial charge in [0.1, 0.15) is 0 Å². The van der Waals surface area contributed by atoms with Crippen molar-refractivity contribution in [2.75, 3.05) is 52.4 Å². The first-order chi connectivity index (χ1) is 26.6. The fourth-order valence-electron chi connectivity index (χ4n) is 8.87. The summed E-state index contributed by atoms with van der Waals surface area (Å²) in [6.45, 7) is 5.45. The molecule has 3 saturated heterocycles. The van der Waals surface area contributed by atoms with Crippen molar-refractivity contribution in [3.8, 4) is 0 Å². The zero-order valence-electron chi connectivity index (χ0n) is 31.6. The summed E-state index contributed by atoms with van der Waals surface area (Å²) >= 11 is 0. The molecule has 1 amide bonds. The molecule has 0 saturated carbocycles. The first kappa shape index (κ1) is 40.1. The molecular weight excluding hydrogens is 697 g/mol. The first-order valence-electron chi connectivity index (χ1n) is 20.0. The standard InChI is InChI=1S/C44H56N4O7/c49-41(34-9-3-8-33(22-34)25-40(44(54)55)37-12-17-47-28-37)48(18-13-29-4-1-6-31(20-29)23-38(42(50)51)35-10-15-45-26-35)19-14-30-5-2-7-32(21-30)24-39(43(52)53)36-11-16-46-27-36/h1-9,20-22,35-40,45-47H,10-19,23-28H2,(H,50,51)(H,52,53)(H,54,55)/t35-,36-,37-,38-,39-,40-/m0/s1. The number of nitrogens with one attached hydrogen (secondary N) is 3. The molecule has 0 bridgehead atoms. The highest BCUT2D eigenvalue weighted by Gasteiger charge is 2.33. The maximum atomic E-state index is 14.3. The average Bonchev–Trinajstić information content (AvgIpc) is 4.01. The molecular formula is C44H56N4O7. The Morgan fingerprint density at radius 3 is 1.27 bits per heavy atom. The minimum atomic E-state index is -0.819. The van der Waals surface area contributed by atoms with Gasteiger partial charge in [0.2, 0.25) is 0 Å². The highest BCUT2D eigenvalue weighted by molar-refractivity contribution is 5.94. The minimum Gasteiger partial charge on any atom is -0.481 e. The summed E-state index contributed by atoms with van der Waals surface area (Å²) in [5.41, 5.74) is 5.32. The third-order valence-electron chi connectivity index (χ3n) is 12.1. The predicted octanol–water partition coefficient (Wildman–Crippen LogP) is 4.17. The van der Waals surface area contributed by atoms with Gasteiger partial charge in [-0.25, -0.2) is 0 Å². The van der Waals surface area contributed by atoms with Gasteiger partial charge in [-0.1, -0.05) is 60.7 Å². The molecule has 6 N–H and O–H groups in total. The van der Waals surface area contributed by atoms with Crippen LogP contribution in [0.5, 0.6) is 0 Å². The van der Waals surface area contributed by atoms with E-state index in [1.165, 1.54) is 0 Å². The molecule has 3 aliphatic rings. The van der Waals surface area contributed by atoms with E-state index >= 15 is 0 Å². The second-order valence-corrected chi connectivity index (χ2v) is 15.8. The van der Waals surface area contributed by atoms with Crippen LogP contribution in [-0.4, -0.2) is 96.4 Å². The molecule has 55 heavy (non-hydrogen) atoms. The van der Waals surface area contributed by atoms with Gasteiger partial charge in [0.15, 0.2) is 0 Å². The van der Waals surface area contributed by atoms with Gasteiger partial charge in [-0.05, 0) is 148 Å². The number of rotatable bonds is 19. The molecule has 11 heteroatoms. The average molecular weight is 753 g/mol. The Morgan fingerprint density at radius 1 is 0.545 bits per heavy atom. The van der Waals surface area contributed by atoms with E-state index in [0.717, 1.165) is 66.7 Å². The van der Waals surface area contributed by atoms with Gasteiger partial charge >= 0.3 is 17.9 Å². The van der Waals surface area contributed by atoms with Crippen molar-refractivity contribution in [2.45, 2.75) is 51.4 Å². The summed E-state index contributed by atoms with van der Waals surface area (Å²) in [6.07, 6.45) is 4.93.